The molecule has 2 aromatic carbocycles. The number of hydrogen-bond acceptors (Lipinski definition) is 3. The van der Waals surface area contributed by atoms with Gasteiger partial charge in [-0.1, -0.05) is 17.7 Å². The van der Waals surface area contributed by atoms with E-state index >= 15 is 0 Å². The zero-order chi connectivity index (χ0) is 17.4. The molecule has 0 fully saturated rings. The van der Waals surface area contributed by atoms with Gasteiger partial charge in [-0.3, -0.25) is 4.79 Å². The monoisotopic (exact) mass is 322 g/mol. The van der Waals surface area contributed by atoms with Crippen LogP contribution >= 0.6 is 0 Å². The van der Waals surface area contributed by atoms with Crippen LogP contribution in [-0.4, -0.2) is 6.10 Å². The van der Waals surface area contributed by atoms with Crippen molar-refractivity contribution in [2.45, 2.75) is 40.7 Å². The van der Waals surface area contributed by atoms with Crippen molar-refractivity contribution in [1.29, 1.82) is 0 Å². The van der Waals surface area contributed by atoms with Crippen LogP contribution in [0.1, 0.15) is 30.5 Å². The third-order valence-electron chi connectivity index (χ3n) is 4.06. The Morgan fingerprint density at radius 1 is 1.00 bits per heavy atom. The molecular weight excluding hydrogens is 300 g/mol. The minimum absolute atomic E-state index is 0.0117. The van der Waals surface area contributed by atoms with E-state index < -0.39 is 0 Å². The van der Waals surface area contributed by atoms with Gasteiger partial charge >= 0.3 is 0 Å². The van der Waals surface area contributed by atoms with Crippen LogP contribution in [0.5, 0.6) is 5.75 Å². The zero-order valence-electron chi connectivity index (χ0n) is 14.8. The lowest BCUT2D eigenvalue weighted by Crippen LogP contribution is -2.08. The summed E-state index contributed by atoms with van der Waals surface area (Å²) < 4.78 is 11.4. The molecule has 1 aromatic heterocycles. The molecule has 0 atom stereocenters. The van der Waals surface area contributed by atoms with Gasteiger partial charge in [0.15, 0.2) is 0 Å². The van der Waals surface area contributed by atoms with Crippen LogP contribution in [0.3, 0.4) is 0 Å². The molecule has 3 heteroatoms. The van der Waals surface area contributed by atoms with E-state index in [1.807, 2.05) is 33.8 Å². The van der Waals surface area contributed by atoms with Crippen molar-refractivity contribution in [2.75, 3.05) is 0 Å². The largest absolute Gasteiger partial charge is 0.491 e. The molecule has 0 aliphatic carbocycles. The molecule has 0 saturated heterocycles. The van der Waals surface area contributed by atoms with Crippen molar-refractivity contribution < 1.29 is 9.15 Å². The second kappa shape index (κ2) is 6.16. The van der Waals surface area contributed by atoms with Gasteiger partial charge < -0.3 is 9.15 Å². The topological polar surface area (TPSA) is 39.4 Å². The van der Waals surface area contributed by atoms with Crippen LogP contribution in [-0.2, 0) is 0 Å². The second-order valence-electron chi connectivity index (χ2n) is 6.58. The molecule has 0 N–H and O–H groups in total. The smallest absolute Gasteiger partial charge is 0.200 e. The Bertz CT molecular complexity index is 941. The van der Waals surface area contributed by atoms with Crippen molar-refractivity contribution >= 4 is 11.0 Å². The highest BCUT2D eigenvalue weighted by Crippen LogP contribution is 2.28. The first-order chi connectivity index (χ1) is 11.4. The van der Waals surface area contributed by atoms with Gasteiger partial charge in [0, 0.05) is 6.07 Å². The van der Waals surface area contributed by atoms with E-state index in [0.717, 1.165) is 16.7 Å². The summed E-state index contributed by atoms with van der Waals surface area (Å²) in [5, 5.41) is 0.572. The zero-order valence-corrected chi connectivity index (χ0v) is 14.8. The van der Waals surface area contributed by atoms with E-state index in [-0.39, 0.29) is 11.5 Å². The van der Waals surface area contributed by atoms with Crippen molar-refractivity contribution in [1.82, 2.24) is 0 Å². The molecule has 3 nitrogen and oxygen atoms in total. The Labute approximate surface area is 141 Å². The van der Waals surface area contributed by atoms with Crippen LogP contribution in [0, 0.1) is 20.8 Å². The minimum atomic E-state index is -0.0117. The van der Waals surface area contributed by atoms with Crippen molar-refractivity contribution in [2.24, 2.45) is 0 Å². The maximum Gasteiger partial charge on any atom is 0.200 e. The van der Waals surface area contributed by atoms with Gasteiger partial charge in [-0.2, -0.15) is 0 Å². The SMILES string of the molecule is Cc1cc(C)c(-c2coc3cc(OC(C)C)ccc3c2=O)c(C)c1. The molecule has 0 saturated carbocycles. The molecule has 0 amide bonds. The van der Waals surface area contributed by atoms with Crippen LogP contribution in [0.15, 0.2) is 45.8 Å². The average Bonchev–Trinajstić information content (AvgIpc) is 2.48. The first kappa shape index (κ1) is 16.3. The third-order valence-corrected chi connectivity index (χ3v) is 4.06. The predicted octanol–water partition coefficient (Wildman–Crippen LogP) is 5.17. The van der Waals surface area contributed by atoms with Gasteiger partial charge in [0.25, 0.3) is 0 Å². The highest BCUT2D eigenvalue weighted by Gasteiger charge is 2.14. The molecule has 0 unspecified atom stereocenters. The third kappa shape index (κ3) is 2.94. The molecule has 0 bridgehead atoms. The number of fused-ring (bicyclic) bond motifs is 1. The number of hydrogen-bond donors (Lipinski definition) is 0. The average molecular weight is 322 g/mol. The summed E-state index contributed by atoms with van der Waals surface area (Å²) in [5.41, 5.74) is 5.45. The van der Waals surface area contributed by atoms with Crippen molar-refractivity contribution in [3.63, 3.8) is 0 Å². The van der Waals surface area contributed by atoms with Crippen LogP contribution in [0.4, 0.5) is 0 Å². The van der Waals surface area contributed by atoms with E-state index in [1.54, 1.807) is 18.4 Å². The molecule has 0 aliphatic rings. The summed E-state index contributed by atoms with van der Waals surface area (Å²) in [6.45, 7) is 10.0. The summed E-state index contributed by atoms with van der Waals surface area (Å²) >= 11 is 0. The van der Waals surface area contributed by atoms with Gasteiger partial charge in [-0.15, -0.1) is 0 Å². The molecule has 3 rings (SSSR count). The fraction of sp³-hybridized carbons (Fsp3) is 0.286. The highest BCUT2D eigenvalue weighted by atomic mass is 16.5. The van der Waals surface area contributed by atoms with E-state index in [9.17, 15) is 4.79 Å². The Morgan fingerprint density at radius 2 is 1.67 bits per heavy atom. The molecule has 1 heterocycles. The van der Waals surface area contributed by atoms with Gasteiger partial charge in [0.2, 0.25) is 5.43 Å². The summed E-state index contributed by atoms with van der Waals surface area (Å²) in [6, 6.07) is 9.55. The van der Waals surface area contributed by atoms with Gasteiger partial charge in [-0.25, -0.2) is 0 Å². The molecule has 3 aromatic rings. The standard InChI is InChI=1S/C21H22O3/c1-12(2)24-16-6-7-17-19(10-16)23-11-18(21(17)22)20-14(4)8-13(3)9-15(20)5/h6-12H,1-5H3. The normalized spacial score (nSPS) is 11.2. The first-order valence-electron chi connectivity index (χ1n) is 8.17. The fourth-order valence-corrected chi connectivity index (χ4v) is 3.23. The van der Waals surface area contributed by atoms with Crippen molar-refractivity contribution in [3.05, 3.63) is 63.5 Å². The number of ether oxygens (including phenoxy) is 1. The fourth-order valence-electron chi connectivity index (χ4n) is 3.23. The van der Waals surface area contributed by atoms with Gasteiger partial charge in [0.1, 0.15) is 17.6 Å². The number of benzene rings is 2. The van der Waals surface area contributed by atoms with E-state index in [4.69, 9.17) is 9.15 Å². The molecule has 0 spiro atoms. The Hall–Kier alpha value is -2.55. The van der Waals surface area contributed by atoms with Crippen LogP contribution in [0.2, 0.25) is 0 Å². The Morgan fingerprint density at radius 3 is 2.29 bits per heavy atom. The predicted molar refractivity (Wildman–Crippen MR) is 97.9 cm³/mol. The molecule has 24 heavy (non-hydrogen) atoms. The summed E-state index contributed by atoms with van der Waals surface area (Å²) in [7, 11) is 0. The quantitative estimate of drug-likeness (QED) is 0.667. The molecule has 0 aliphatic heterocycles. The lowest BCUT2D eigenvalue weighted by atomic mass is 9.94. The lowest BCUT2D eigenvalue weighted by molar-refractivity contribution is 0.242. The first-order valence-corrected chi connectivity index (χ1v) is 8.17. The number of rotatable bonds is 3. The Kier molecular flexibility index (Phi) is 4.18. The maximum atomic E-state index is 13.0. The maximum absolute atomic E-state index is 13.0. The minimum Gasteiger partial charge on any atom is -0.491 e. The van der Waals surface area contributed by atoms with Crippen LogP contribution < -0.4 is 10.2 Å². The van der Waals surface area contributed by atoms with E-state index in [2.05, 4.69) is 19.1 Å². The molecule has 124 valence electrons. The van der Waals surface area contributed by atoms with Crippen LogP contribution in [0.25, 0.3) is 22.1 Å². The summed E-state index contributed by atoms with van der Waals surface area (Å²) in [6.07, 6.45) is 1.64. The molecule has 0 radical (unpaired) electrons. The number of aryl methyl sites for hydroxylation is 3. The van der Waals surface area contributed by atoms with E-state index in [0.29, 0.717) is 22.3 Å². The van der Waals surface area contributed by atoms with Crippen molar-refractivity contribution in [3.8, 4) is 16.9 Å². The molecular formula is C21H22O3. The Balaban J connectivity index is 2.19. The van der Waals surface area contributed by atoms with Gasteiger partial charge in [-0.05, 0) is 63.4 Å². The summed E-state index contributed by atoms with van der Waals surface area (Å²) in [5.74, 6) is 0.705. The van der Waals surface area contributed by atoms with Gasteiger partial charge in [0.05, 0.1) is 17.1 Å². The highest BCUT2D eigenvalue weighted by molar-refractivity contribution is 5.84. The lowest BCUT2D eigenvalue weighted by Gasteiger charge is -2.12. The summed E-state index contributed by atoms with van der Waals surface area (Å²) in [4.78, 5) is 13.0. The van der Waals surface area contributed by atoms with E-state index in [1.165, 1.54) is 5.56 Å². The second-order valence-corrected chi connectivity index (χ2v) is 6.58.